The van der Waals surface area contributed by atoms with Crippen LogP contribution in [0.1, 0.15) is 24.5 Å². The minimum atomic E-state index is -0.357. The Kier molecular flexibility index (Phi) is 4.12. The first-order chi connectivity index (χ1) is 5.84. The number of aliphatic hydroxyl groups excluding tert-OH is 1. The highest BCUT2D eigenvalue weighted by atomic mass is 35.5. The van der Waals surface area contributed by atoms with Gasteiger partial charge in [0, 0.05) is 5.88 Å². The molecule has 12 heavy (non-hydrogen) atoms. The number of alkyl halides is 1. The van der Waals surface area contributed by atoms with E-state index < -0.39 is 0 Å². The van der Waals surface area contributed by atoms with Gasteiger partial charge in [0.25, 0.3) is 0 Å². The van der Waals surface area contributed by atoms with Gasteiger partial charge in [-0.3, -0.25) is 0 Å². The van der Waals surface area contributed by atoms with Crippen LogP contribution in [0, 0.1) is 0 Å². The van der Waals surface area contributed by atoms with Gasteiger partial charge in [-0.05, 0) is 18.4 Å². The van der Waals surface area contributed by atoms with Crippen molar-refractivity contribution in [3.05, 3.63) is 35.9 Å². The maximum absolute atomic E-state index is 9.59. The summed E-state index contributed by atoms with van der Waals surface area (Å²) in [5.74, 6) is 0.615. The average molecular weight is 185 g/mol. The maximum Gasteiger partial charge on any atom is 0.0790 e. The van der Waals surface area contributed by atoms with Crippen molar-refractivity contribution >= 4 is 11.6 Å². The molecule has 1 N–H and O–H groups in total. The van der Waals surface area contributed by atoms with Gasteiger partial charge in [0.1, 0.15) is 0 Å². The van der Waals surface area contributed by atoms with E-state index in [2.05, 4.69) is 0 Å². The maximum atomic E-state index is 9.59. The van der Waals surface area contributed by atoms with Crippen molar-refractivity contribution < 1.29 is 5.11 Å². The van der Waals surface area contributed by atoms with Crippen molar-refractivity contribution in [3.8, 4) is 0 Å². The van der Waals surface area contributed by atoms with Crippen molar-refractivity contribution in [2.75, 3.05) is 5.88 Å². The first-order valence-corrected chi connectivity index (χ1v) is 4.67. The van der Waals surface area contributed by atoms with E-state index in [1.165, 1.54) is 0 Å². The highest BCUT2D eigenvalue weighted by Crippen LogP contribution is 2.17. The largest absolute Gasteiger partial charge is 0.388 e. The monoisotopic (exact) mass is 184 g/mol. The molecule has 0 heterocycles. The van der Waals surface area contributed by atoms with Gasteiger partial charge in [-0.15, -0.1) is 11.6 Å². The molecule has 0 fully saturated rings. The van der Waals surface area contributed by atoms with E-state index in [9.17, 15) is 5.11 Å². The van der Waals surface area contributed by atoms with E-state index in [1.54, 1.807) is 0 Å². The Balaban J connectivity index is 2.48. The Bertz CT molecular complexity index is 210. The molecular weight excluding hydrogens is 172 g/mol. The predicted octanol–water partition coefficient (Wildman–Crippen LogP) is 2.74. The molecule has 1 rings (SSSR count). The third-order valence-corrected chi connectivity index (χ3v) is 2.06. The molecule has 1 aromatic rings. The van der Waals surface area contributed by atoms with Crippen LogP contribution in [0.2, 0.25) is 0 Å². The second-order valence-electron chi connectivity index (χ2n) is 2.76. The lowest BCUT2D eigenvalue weighted by molar-refractivity contribution is 0.167. The van der Waals surface area contributed by atoms with Gasteiger partial charge in [-0.2, -0.15) is 0 Å². The third kappa shape index (κ3) is 2.84. The third-order valence-electron chi connectivity index (χ3n) is 1.80. The first kappa shape index (κ1) is 9.56. The van der Waals surface area contributed by atoms with Crippen molar-refractivity contribution in [2.45, 2.75) is 18.9 Å². The van der Waals surface area contributed by atoms with Gasteiger partial charge in [0.2, 0.25) is 0 Å². The minimum absolute atomic E-state index is 0.357. The first-order valence-electron chi connectivity index (χ1n) is 4.13. The van der Waals surface area contributed by atoms with Crippen molar-refractivity contribution in [1.29, 1.82) is 0 Å². The zero-order chi connectivity index (χ0) is 8.81. The molecule has 0 saturated heterocycles. The molecule has 0 aromatic heterocycles. The lowest BCUT2D eigenvalue weighted by Crippen LogP contribution is -1.96. The van der Waals surface area contributed by atoms with E-state index in [-0.39, 0.29) is 6.10 Å². The summed E-state index contributed by atoms with van der Waals surface area (Å²) < 4.78 is 0. The molecule has 0 spiro atoms. The van der Waals surface area contributed by atoms with Crippen molar-refractivity contribution in [3.63, 3.8) is 0 Å². The number of aliphatic hydroxyl groups is 1. The summed E-state index contributed by atoms with van der Waals surface area (Å²) in [4.78, 5) is 0. The molecule has 66 valence electrons. The van der Waals surface area contributed by atoms with Gasteiger partial charge < -0.3 is 5.11 Å². The Morgan fingerprint density at radius 3 is 2.50 bits per heavy atom. The van der Waals surface area contributed by atoms with Crippen LogP contribution in [0.5, 0.6) is 0 Å². The van der Waals surface area contributed by atoms with Gasteiger partial charge in [0.05, 0.1) is 6.10 Å². The van der Waals surface area contributed by atoms with Crippen LogP contribution in [0.4, 0.5) is 0 Å². The van der Waals surface area contributed by atoms with Gasteiger partial charge in [0.15, 0.2) is 0 Å². The van der Waals surface area contributed by atoms with Crippen LogP contribution in [0.15, 0.2) is 30.3 Å². The summed E-state index contributed by atoms with van der Waals surface area (Å²) in [6.45, 7) is 0. The molecule has 0 aliphatic heterocycles. The Hall–Kier alpha value is -0.530. The number of hydrogen-bond donors (Lipinski definition) is 1. The predicted molar refractivity (Wildman–Crippen MR) is 51.4 cm³/mol. The molecule has 0 radical (unpaired) electrons. The average Bonchev–Trinajstić information content (AvgIpc) is 2.15. The van der Waals surface area contributed by atoms with Crippen molar-refractivity contribution in [1.82, 2.24) is 0 Å². The molecule has 0 aliphatic carbocycles. The molecule has 0 unspecified atom stereocenters. The number of benzene rings is 1. The molecule has 1 nitrogen and oxygen atoms in total. The van der Waals surface area contributed by atoms with Gasteiger partial charge in [-0.25, -0.2) is 0 Å². The van der Waals surface area contributed by atoms with E-state index in [0.29, 0.717) is 5.88 Å². The lowest BCUT2D eigenvalue weighted by Gasteiger charge is -2.08. The van der Waals surface area contributed by atoms with E-state index in [1.807, 2.05) is 30.3 Å². The quantitative estimate of drug-likeness (QED) is 0.714. The molecule has 1 atom stereocenters. The Labute approximate surface area is 78.0 Å². The van der Waals surface area contributed by atoms with Crippen LogP contribution < -0.4 is 0 Å². The van der Waals surface area contributed by atoms with Crippen molar-refractivity contribution in [2.24, 2.45) is 0 Å². The van der Waals surface area contributed by atoms with Crippen LogP contribution in [0.3, 0.4) is 0 Å². The molecule has 1 aromatic carbocycles. The molecule has 0 amide bonds. The zero-order valence-electron chi connectivity index (χ0n) is 6.91. The second kappa shape index (κ2) is 5.18. The van der Waals surface area contributed by atoms with E-state index in [0.717, 1.165) is 18.4 Å². The summed E-state index contributed by atoms with van der Waals surface area (Å²) in [6.07, 6.45) is 1.25. The summed E-state index contributed by atoms with van der Waals surface area (Å²) >= 11 is 5.52. The normalized spacial score (nSPS) is 12.8. The van der Waals surface area contributed by atoms with E-state index in [4.69, 9.17) is 11.6 Å². The summed E-state index contributed by atoms with van der Waals surface area (Å²) in [6, 6.07) is 9.66. The highest BCUT2D eigenvalue weighted by molar-refractivity contribution is 6.17. The number of halogens is 1. The number of rotatable bonds is 4. The number of hydrogen-bond acceptors (Lipinski definition) is 1. The zero-order valence-corrected chi connectivity index (χ0v) is 7.67. The summed E-state index contributed by atoms with van der Waals surface area (Å²) in [5.41, 5.74) is 0.975. The van der Waals surface area contributed by atoms with Gasteiger partial charge >= 0.3 is 0 Å². The topological polar surface area (TPSA) is 20.2 Å². The van der Waals surface area contributed by atoms with Crippen LogP contribution in [-0.2, 0) is 0 Å². The highest BCUT2D eigenvalue weighted by Gasteiger charge is 2.04. The minimum Gasteiger partial charge on any atom is -0.388 e. The molecule has 2 heteroatoms. The fraction of sp³-hybridized carbons (Fsp3) is 0.400. The Morgan fingerprint density at radius 2 is 1.92 bits per heavy atom. The fourth-order valence-electron chi connectivity index (χ4n) is 1.11. The van der Waals surface area contributed by atoms with Crippen LogP contribution in [-0.4, -0.2) is 11.0 Å². The second-order valence-corrected chi connectivity index (χ2v) is 3.14. The smallest absolute Gasteiger partial charge is 0.0790 e. The molecule has 0 bridgehead atoms. The SMILES string of the molecule is O[C@H](CCCCl)c1ccccc1. The fourth-order valence-corrected chi connectivity index (χ4v) is 1.27. The van der Waals surface area contributed by atoms with Crippen LogP contribution >= 0.6 is 11.6 Å². The Morgan fingerprint density at radius 1 is 1.25 bits per heavy atom. The standard InChI is InChI=1S/C10H13ClO/c11-8-4-7-10(12)9-5-2-1-3-6-9/h1-3,5-6,10,12H,4,7-8H2/t10-/m1/s1. The molecule has 0 aliphatic rings. The molecular formula is C10H13ClO. The summed E-state index contributed by atoms with van der Waals surface area (Å²) in [5, 5.41) is 9.59. The van der Waals surface area contributed by atoms with Crippen LogP contribution in [0.25, 0.3) is 0 Å². The van der Waals surface area contributed by atoms with Gasteiger partial charge in [-0.1, -0.05) is 30.3 Å². The lowest BCUT2D eigenvalue weighted by atomic mass is 10.1. The molecule has 0 saturated carbocycles. The summed E-state index contributed by atoms with van der Waals surface area (Å²) in [7, 11) is 0. The van der Waals surface area contributed by atoms with E-state index >= 15 is 0 Å².